The van der Waals surface area contributed by atoms with E-state index in [0.29, 0.717) is 13.0 Å². The zero-order valence-corrected chi connectivity index (χ0v) is 16.9. The molecule has 154 valence electrons. The van der Waals surface area contributed by atoms with Crippen LogP contribution in [0.25, 0.3) is 0 Å². The van der Waals surface area contributed by atoms with Crippen LogP contribution in [0.5, 0.6) is 0 Å². The topological polar surface area (TPSA) is 99.6 Å². The van der Waals surface area contributed by atoms with Crippen molar-refractivity contribution in [3.05, 3.63) is 0 Å². The van der Waals surface area contributed by atoms with Crippen molar-refractivity contribution in [2.75, 3.05) is 40.3 Å². The van der Waals surface area contributed by atoms with Crippen LogP contribution in [-0.4, -0.2) is 95.5 Å². The molecule has 0 aromatic carbocycles. The van der Waals surface area contributed by atoms with E-state index in [2.05, 4.69) is 0 Å². The van der Waals surface area contributed by atoms with Gasteiger partial charge in [0.05, 0.1) is 0 Å². The van der Waals surface area contributed by atoms with E-state index in [1.807, 2.05) is 4.90 Å². The first-order valence-electron chi connectivity index (χ1n) is 9.18. The van der Waals surface area contributed by atoms with Gasteiger partial charge in [0.2, 0.25) is 0 Å². The molecule has 0 saturated carbocycles. The van der Waals surface area contributed by atoms with Gasteiger partial charge in [-0.25, -0.2) is 9.59 Å². The monoisotopic (exact) mass is 385 g/mol. The minimum absolute atomic E-state index is 0.135. The van der Waals surface area contributed by atoms with Gasteiger partial charge < -0.3 is 24.3 Å². The van der Waals surface area contributed by atoms with Crippen LogP contribution in [0, 0.1) is 0 Å². The van der Waals surface area contributed by atoms with Crippen molar-refractivity contribution in [2.24, 2.45) is 0 Å². The lowest BCUT2D eigenvalue weighted by Gasteiger charge is -2.56. The summed E-state index contributed by atoms with van der Waals surface area (Å²) >= 11 is 0. The van der Waals surface area contributed by atoms with Crippen LogP contribution in [0.2, 0.25) is 0 Å². The summed E-state index contributed by atoms with van der Waals surface area (Å²) in [7, 11) is 3.13. The van der Waals surface area contributed by atoms with Crippen LogP contribution in [0.4, 0.5) is 9.59 Å². The Balaban J connectivity index is 2.07. The van der Waals surface area contributed by atoms with Crippen molar-refractivity contribution in [3.8, 4) is 0 Å². The van der Waals surface area contributed by atoms with Crippen LogP contribution >= 0.6 is 0 Å². The van der Waals surface area contributed by atoms with Gasteiger partial charge in [-0.3, -0.25) is 9.80 Å². The minimum atomic E-state index is -1.19. The molecule has 2 saturated heterocycles. The van der Waals surface area contributed by atoms with Gasteiger partial charge in [-0.1, -0.05) is 0 Å². The molecule has 0 aliphatic carbocycles. The zero-order chi connectivity index (χ0) is 20.5. The summed E-state index contributed by atoms with van der Waals surface area (Å²) in [5.74, 6) is 0. The summed E-state index contributed by atoms with van der Waals surface area (Å²) in [6.45, 7) is 6.16. The smallest absolute Gasteiger partial charge is 0.411 e. The molecule has 1 atom stereocenters. The number of rotatable bonds is 5. The third-order valence-corrected chi connectivity index (χ3v) is 4.87. The molecule has 2 amide bonds. The standard InChI is InChI=1S/C18H31N3O6/c1-16(2,3)27-15(24)21-9-6-7-18(21,8-10-22)20-11-17(25,12-20)13-26-14(23)19(4)5/h10,25H,6-9,11-13H2,1-5H3. The summed E-state index contributed by atoms with van der Waals surface area (Å²) in [5.41, 5.74) is -2.63. The Hall–Kier alpha value is -1.87. The van der Waals surface area contributed by atoms with E-state index < -0.39 is 29.1 Å². The first-order chi connectivity index (χ1) is 12.4. The lowest BCUT2D eigenvalue weighted by Crippen LogP contribution is -2.74. The summed E-state index contributed by atoms with van der Waals surface area (Å²) in [5, 5.41) is 10.6. The maximum atomic E-state index is 12.7. The van der Waals surface area contributed by atoms with Crippen LogP contribution in [0.3, 0.4) is 0 Å². The highest BCUT2D eigenvalue weighted by atomic mass is 16.6. The Morgan fingerprint density at radius 1 is 1.26 bits per heavy atom. The third kappa shape index (κ3) is 4.70. The van der Waals surface area contributed by atoms with Crippen LogP contribution in [0.1, 0.15) is 40.0 Å². The average molecular weight is 385 g/mol. The highest BCUT2D eigenvalue weighted by Gasteiger charge is 2.57. The van der Waals surface area contributed by atoms with Gasteiger partial charge in [0.1, 0.15) is 29.8 Å². The lowest BCUT2D eigenvalue weighted by molar-refractivity contribution is -0.190. The SMILES string of the molecule is CN(C)C(=O)OCC1(O)CN(C2(CC=O)CCCN2C(=O)OC(C)(C)C)C1. The van der Waals surface area contributed by atoms with E-state index in [1.54, 1.807) is 39.8 Å². The number of hydrogen-bond donors (Lipinski definition) is 1. The third-order valence-electron chi connectivity index (χ3n) is 4.87. The van der Waals surface area contributed by atoms with E-state index in [-0.39, 0.29) is 26.1 Å². The number of ether oxygens (including phenoxy) is 2. The van der Waals surface area contributed by atoms with Gasteiger partial charge in [-0.05, 0) is 33.6 Å². The molecule has 1 unspecified atom stereocenters. The van der Waals surface area contributed by atoms with Crippen molar-refractivity contribution in [2.45, 2.75) is 56.9 Å². The van der Waals surface area contributed by atoms with E-state index in [1.165, 1.54) is 4.90 Å². The Morgan fingerprint density at radius 2 is 1.89 bits per heavy atom. The Morgan fingerprint density at radius 3 is 2.41 bits per heavy atom. The molecule has 2 aliphatic heterocycles. The minimum Gasteiger partial charge on any atom is -0.446 e. The van der Waals surface area contributed by atoms with Crippen LogP contribution < -0.4 is 0 Å². The summed E-state index contributed by atoms with van der Waals surface area (Å²) in [4.78, 5) is 40.4. The number of carbonyl (C=O) groups is 3. The number of carbonyl (C=O) groups excluding carboxylic acids is 3. The molecule has 0 bridgehead atoms. The predicted octanol–water partition coefficient (Wildman–Crippen LogP) is 1.05. The molecule has 2 aliphatic rings. The number of nitrogens with zero attached hydrogens (tertiary/aromatic N) is 3. The molecular formula is C18H31N3O6. The van der Waals surface area contributed by atoms with E-state index in [9.17, 15) is 19.5 Å². The normalized spacial score (nSPS) is 24.9. The molecule has 2 heterocycles. The fourth-order valence-corrected chi connectivity index (χ4v) is 3.62. The summed E-state index contributed by atoms with van der Waals surface area (Å²) in [6.07, 6.45) is 1.32. The van der Waals surface area contributed by atoms with Crippen molar-refractivity contribution < 1.29 is 29.0 Å². The number of amides is 2. The molecular weight excluding hydrogens is 354 g/mol. The van der Waals surface area contributed by atoms with Crippen molar-refractivity contribution in [3.63, 3.8) is 0 Å². The molecule has 0 spiro atoms. The van der Waals surface area contributed by atoms with Crippen LogP contribution in [-0.2, 0) is 14.3 Å². The molecule has 2 fully saturated rings. The number of likely N-dealkylation sites (tertiary alicyclic amines) is 2. The molecule has 1 N–H and O–H groups in total. The first kappa shape index (κ1) is 21.4. The highest BCUT2D eigenvalue weighted by molar-refractivity contribution is 5.71. The quantitative estimate of drug-likeness (QED) is 0.706. The largest absolute Gasteiger partial charge is 0.446 e. The summed E-state index contributed by atoms with van der Waals surface area (Å²) in [6, 6.07) is 0. The molecule has 9 heteroatoms. The second-order valence-electron chi connectivity index (χ2n) is 8.62. The molecule has 0 aromatic heterocycles. The first-order valence-corrected chi connectivity index (χ1v) is 9.18. The second kappa shape index (κ2) is 7.63. The number of aldehydes is 1. The molecule has 9 nitrogen and oxygen atoms in total. The fraction of sp³-hybridized carbons (Fsp3) is 0.833. The maximum absolute atomic E-state index is 12.7. The average Bonchev–Trinajstić information content (AvgIpc) is 2.93. The molecule has 0 aromatic rings. The van der Waals surface area contributed by atoms with E-state index >= 15 is 0 Å². The highest BCUT2D eigenvalue weighted by Crippen LogP contribution is 2.41. The van der Waals surface area contributed by atoms with Gasteiger partial charge in [-0.2, -0.15) is 0 Å². The maximum Gasteiger partial charge on any atom is 0.411 e. The van der Waals surface area contributed by atoms with E-state index in [4.69, 9.17) is 9.47 Å². The Kier molecular flexibility index (Phi) is 6.06. The van der Waals surface area contributed by atoms with Gasteiger partial charge in [0.15, 0.2) is 0 Å². The lowest BCUT2D eigenvalue weighted by atomic mass is 9.88. The van der Waals surface area contributed by atoms with Gasteiger partial charge in [-0.15, -0.1) is 0 Å². The van der Waals surface area contributed by atoms with Gasteiger partial charge >= 0.3 is 12.2 Å². The Bertz CT molecular complexity index is 582. The van der Waals surface area contributed by atoms with Crippen molar-refractivity contribution >= 4 is 18.5 Å². The number of hydrogen-bond acceptors (Lipinski definition) is 7. The predicted molar refractivity (Wildman–Crippen MR) is 97.1 cm³/mol. The van der Waals surface area contributed by atoms with Crippen molar-refractivity contribution in [1.82, 2.24) is 14.7 Å². The van der Waals surface area contributed by atoms with Gasteiger partial charge in [0.25, 0.3) is 0 Å². The number of aliphatic hydroxyl groups is 1. The zero-order valence-electron chi connectivity index (χ0n) is 16.9. The number of β-amino-alcohol motifs (C(OH)–C–C–N with tert-alkyl or cyclic N) is 1. The summed E-state index contributed by atoms with van der Waals surface area (Å²) < 4.78 is 10.6. The van der Waals surface area contributed by atoms with E-state index in [0.717, 1.165) is 12.7 Å². The second-order valence-corrected chi connectivity index (χ2v) is 8.62. The molecule has 0 radical (unpaired) electrons. The Labute approximate surface area is 160 Å². The molecule has 27 heavy (non-hydrogen) atoms. The van der Waals surface area contributed by atoms with Crippen molar-refractivity contribution in [1.29, 1.82) is 0 Å². The fourth-order valence-electron chi connectivity index (χ4n) is 3.62. The molecule has 2 rings (SSSR count). The van der Waals surface area contributed by atoms with Crippen LogP contribution in [0.15, 0.2) is 0 Å². The van der Waals surface area contributed by atoms with Gasteiger partial charge in [0, 0.05) is 40.2 Å².